The van der Waals surface area contributed by atoms with Gasteiger partial charge in [0.2, 0.25) is 0 Å². The standard InChI is InChI=1S/C24H21NO5/c1-14-6-9-17(13-15(14)2)25-21(19-5-4-12-30-19)20(23(27)24(25)28)22(26)16-7-10-18(29-3)11-8-16/h4-13,21,26H,1-3H3/b22-20-. The van der Waals surface area contributed by atoms with E-state index in [4.69, 9.17) is 9.15 Å². The van der Waals surface area contributed by atoms with Gasteiger partial charge in [0.15, 0.2) is 0 Å². The molecule has 0 bridgehead atoms. The molecule has 1 aliphatic heterocycles. The van der Waals surface area contributed by atoms with E-state index in [9.17, 15) is 14.7 Å². The maximum Gasteiger partial charge on any atom is 0.300 e. The Kier molecular flexibility index (Phi) is 4.91. The number of hydrogen-bond acceptors (Lipinski definition) is 5. The lowest BCUT2D eigenvalue weighted by Gasteiger charge is -2.24. The maximum atomic E-state index is 13.0. The zero-order valence-corrected chi connectivity index (χ0v) is 16.9. The molecule has 1 fully saturated rings. The smallest absolute Gasteiger partial charge is 0.300 e. The zero-order valence-electron chi connectivity index (χ0n) is 16.9. The van der Waals surface area contributed by atoms with E-state index in [0.717, 1.165) is 11.1 Å². The van der Waals surface area contributed by atoms with E-state index in [2.05, 4.69) is 0 Å². The molecule has 0 saturated carbocycles. The molecular formula is C24H21NO5. The van der Waals surface area contributed by atoms with Gasteiger partial charge in [0.05, 0.1) is 18.9 Å². The normalized spacial score (nSPS) is 18.1. The maximum absolute atomic E-state index is 13.0. The minimum atomic E-state index is -0.871. The molecule has 0 spiro atoms. The number of methoxy groups -OCH3 is 1. The second-order valence-corrected chi connectivity index (χ2v) is 7.18. The summed E-state index contributed by atoms with van der Waals surface area (Å²) in [6.07, 6.45) is 1.48. The lowest BCUT2D eigenvalue weighted by atomic mass is 9.99. The number of hydrogen-bond donors (Lipinski definition) is 1. The molecule has 4 rings (SSSR count). The van der Waals surface area contributed by atoms with Gasteiger partial charge in [-0.05, 0) is 73.5 Å². The van der Waals surface area contributed by atoms with E-state index in [0.29, 0.717) is 22.8 Å². The first-order valence-corrected chi connectivity index (χ1v) is 9.48. The molecule has 1 saturated heterocycles. The van der Waals surface area contributed by atoms with Crippen LogP contribution in [0.2, 0.25) is 0 Å². The highest BCUT2D eigenvalue weighted by Crippen LogP contribution is 2.42. The Morgan fingerprint density at radius 3 is 2.37 bits per heavy atom. The van der Waals surface area contributed by atoms with Crippen LogP contribution in [0.4, 0.5) is 5.69 Å². The van der Waals surface area contributed by atoms with Crippen LogP contribution in [0.25, 0.3) is 5.76 Å². The van der Waals surface area contributed by atoms with E-state index in [1.54, 1.807) is 49.6 Å². The van der Waals surface area contributed by atoms with Crippen LogP contribution in [0.15, 0.2) is 70.9 Å². The second kappa shape index (κ2) is 7.55. The minimum absolute atomic E-state index is 0.0154. The van der Waals surface area contributed by atoms with Gasteiger partial charge in [-0.1, -0.05) is 6.07 Å². The number of aliphatic hydroxyl groups excluding tert-OH is 1. The number of aliphatic hydroxyl groups is 1. The quantitative estimate of drug-likeness (QED) is 0.393. The number of nitrogens with zero attached hydrogens (tertiary/aromatic N) is 1. The van der Waals surface area contributed by atoms with E-state index in [1.165, 1.54) is 11.2 Å². The number of Topliss-reactive ketones (excluding diaryl/α,β-unsaturated/α-hetero) is 1. The Hall–Kier alpha value is -3.80. The fraction of sp³-hybridized carbons (Fsp3) is 0.167. The van der Waals surface area contributed by atoms with Crippen molar-refractivity contribution in [2.24, 2.45) is 0 Å². The van der Waals surface area contributed by atoms with Gasteiger partial charge in [0.1, 0.15) is 23.3 Å². The molecule has 30 heavy (non-hydrogen) atoms. The third kappa shape index (κ3) is 3.16. The molecule has 152 valence electrons. The molecule has 6 nitrogen and oxygen atoms in total. The molecule has 0 radical (unpaired) electrons. The average molecular weight is 403 g/mol. The summed E-state index contributed by atoms with van der Waals surface area (Å²) in [5.74, 6) is -0.728. The predicted octanol–water partition coefficient (Wildman–Crippen LogP) is 4.53. The monoisotopic (exact) mass is 403 g/mol. The van der Waals surface area contributed by atoms with Gasteiger partial charge in [0, 0.05) is 11.3 Å². The summed E-state index contributed by atoms with van der Waals surface area (Å²) < 4.78 is 10.7. The highest BCUT2D eigenvalue weighted by atomic mass is 16.5. The van der Waals surface area contributed by atoms with Gasteiger partial charge in [-0.25, -0.2) is 0 Å². The van der Waals surface area contributed by atoms with Crippen LogP contribution in [0, 0.1) is 13.8 Å². The highest BCUT2D eigenvalue weighted by Gasteiger charge is 2.48. The molecule has 1 N–H and O–H groups in total. The van der Waals surface area contributed by atoms with Crippen LogP contribution >= 0.6 is 0 Å². The molecule has 1 aromatic heterocycles. The Morgan fingerprint density at radius 1 is 1.03 bits per heavy atom. The molecule has 1 atom stereocenters. The van der Waals surface area contributed by atoms with Crippen LogP contribution < -0.4 is 9.64 Å². The van der Waals surface area contributed by atoms with Crippen LogP contribution in [0.5, 0.6) is 5.75 Å². The number of furan rings is 1. The summed E-state index contributed by atoms with van der Waals surface area (Å²) in [4.78, 5) is 27.4. The van der Waals surface area contributed by atoms with E-state index in [1.807, 2.05) is 26.0 Å². The zero-order chi connectivity index (χ0) is 21.4. The van der Waals surface area contributed by atoms with Crippen molar-refractivity contribution in [3.63, 3.8) is 0 Å². The van der Waals surface area contributed by atoms with Crippen LogP contribution in [-0.4, -0.2) is 23.9 Å². The number of anilines is 1. The van der Waals surface area contributed by atoms with Gasteiger partial charge in [0.25, 0.3) is 11.7 Å². The summed E-state index contributed by atoms with van der Waals surface area (Å²) in [6.45, 7) is 3.91. The summed E-state index contributed by atoms with van der Waals surface area (Å²) >= 11 is 0. The Bertz CT molecular complexity index is 1140. The highest BCUT2D eigenvalue weighted by molar-refractivity contribution is 6.51. The summed E-state index contributed by atoms with van der Waals surface area (Å²) in [7, 11) is 1.54. The van der Waals surface area contributed by atoms with Gasteiger partial charge in [-0.2, -0.15) is 0 Å². The fourth-order valence-electron chi connectivity index (χ4n) is 3.59. The van der Waals surface area contributed by atoms with Crippen LogP contribution in [0.3, 0.4) is 0 Å². The molecule has 2 heterocycles. The number of carbonyl (C=O) groups excluding carboxylic acids is 2. The van der Waals surface area contributed by atoms with Crippen LogP contribution in [-0.2, 0) is 9.59 Å². The molecule has 1 amide bonds. The number of ether oxygens (including phenoxy) is 1. The molecule has 1 unspecified atom stereocenters. The van der Waals surface area contributed by atoms with Crippen molar-refractivity contribution in [2.45, 2.75) is 19.9 Å². The summed E-state index contributed by atoms with van der Waals surface area (Å²) in [5.41, 5.74) is 3.02. The van der Waals surface area contributed by atoms with Crippen LogP contribution in [0.1, 0.15) is 28.5 Å². The summed E-state index contributed by atoms with van der Waals surface area (Å²) in [5, 5.41) is 11.0. The molecule has 6 heteroatoms. The SMILES string of the molecule is COc1ccc(/C(O)=C2/C(=O)C(=O)N(c3ccc(C)c(C)c3)C2c2ccco2)cc1. The van der Waals surface area contributed by atoms with Gasteiger partial charge in [-0.15, -0.1) is 0 Å². The number of carbonyl (C=O) groups is 2. The minimum Gasteiger partial charge on any atom is -0.507 e. The average Bonchev–Trinajstić information content (AvgIpc) is 3.37. The topological polar surface area (TPSA) is 80.0 Å². The predicted molar refractivity (Wildman–Crippen MR) is 112 cm³/mol. The third-order valence-electron chi connectivity index (χ3n) is 5.39. The van der Waals surface area contributed by atoms with Gasteiger partial charge in [-0.3, -0.25) is 14.5 Å². The number of amides is 1. The van der Waals surface area contributed by atoms with Crippen molar-refractivity contribution in [2.75, 3.05) is 12.0 Å². The largest absolute Gasteiger partial charge is 0.507 e. The third-order valence-corrected chi connectivity index (χ3v) is 5.39. The van der Waals surface area contributed by atoms with E-state index < -0.39 is 17.7 Å². The number of rotatable bonds is 4. The first-order chi connectivity index (χ1) is 14.4. The molecule has 0 aliphatic carbocycles. The Morgan fingerprint density at radius 2 is 1.77 bits per heavy atom. The van der Waals surface area contributed by atoms with E-state index in [-0.39, 0.29) is 11.3 Å². The molecule has 3 aromatic rings. The lowest BCUT2D eigenvalue weighted by molar-refractivity contribution is -0.132. The van der Waals surface area contributed by atoms with Crippen molar-refractivity contribution in [1.29, 1.82) is 0 Å². The second-order valence-electron chi connectivity index (χ2n) is 7.18. The van der Waals surface area contributed by atoms with Crippen molar-refractivity contribution >= 4 is 23.1 Å². The fourth-order valence-corrected chi connectivity index (χ4v) is 3.59. The van der Waals surface area contributed by atoms with E-state index >= 15 is 0 Å². The van der Waals surface area contributed by atoms with Gasteiger partial charge >= 0.3 is 0 Å². The number of benzene rings is 2. The van der Waals surface area contributed by atoms with Crippen molar-refractivity contribution in [1.82, 2.24) is 0 Å². The van der Waals surface area contributed by atoms with Gasteiger partial charge < -0.3 is 14.3 Å². The molecular weight excluding hydrogens is 382 g/mol. The lowest BCUT2D eigenvalue weighted by Crippen LogP contribution is -2.29. The molecule has 1 aliphatic rings. The summed E-state index contributed by atoms with van der Waals surface area (Å²) in [6, 6.07) is 14.7. The molecule has 2 aromatic carbocycles. The number of aryl methyl sites for hydroxylation is 2. The van der Waals surface area contributed by atoms with Crippen molar-refractivity contribution < 1.29 is 23.8 Å². The van der Waals surface area contributed by atoms with Crippen molar-refractivity contribution in [3.8, 4) is 5.75 Å². The van der Waals surface area contributed by atoms with Crippen molar-refractivity contribution in [3.05, 3.63) is 88.9 Å². The number of ketones is 1. The Labute approximate surface area is 174 Å². The Balaban J connectivity index is 1.90. The first kappa shape index (κ1) is 19.5. The first-order valence-electron chi connectivity index (χ1n) is 9.48.